The highest BCUT2D eigenvalue weighted by molar-refractivity contribution is 4.93. The Labute approximate surface area is 76.1 Å². The third kappa shape index (κ3) is 2.20. The molecular formula is C10H22N2. The van der Waals surface area contributed by atoms with Crippen LogP contribution >= 0.6 is 0 Å². The number of piperazine rings is 1. The summed E-state index contributed by atoms with van der Waals surface area (Å²) >= 11 is 0. The molecule has 0 saturated carbocycles. The fourth-order valence-corrected chi connectivity index (χ4v) is 2.04. The highest BCUT2D eigenvalue weighted by Gasteiger charge is 2.32. The molecule has 2 unspecified atom stereocenters. The minimum absolute atomic E-state index is 0.369. The molecule has 0 spiro atoms. The summed E-state index contributed by atoms with van der Waals surface area (Å²) in [5, 5.41) is 7.16. The summed E-state index contributed by atoms with van der Waals surface area (Å²) in [6.07, 6.45) is 1.22. The third-order valence-electron chi connectivity index (χ3n) is 2.67. The van der Waals surface area contributed by atoms with Crippen LogP contribution < -0.4 is 10.6 Å². The second-order valence-electron chi connectivity index (χ2n) is 4.77. The summed E-state index contributed by atoms with van der Waals surface area (Å²) in [6.45, 7) is 11.4. The van der Waals surface area contributed by atoms with Crippen molar-refractivity contribution in [3.63, 3.8) is 0 Å². The van der Waals surface area contributed by atoms with Gasteiger partial charge in [-0.25, -0.2) is 0 Å². The van der Waals surface area contributed by atoms with Gasteiger partial charge >= 0.3 is 0 Å². The maximum atomic E-state index is 3.60. The van der Waals surface area contributed by atoms with Gasteiger partial charge in [-0.3, -0.25) is 0 Å². The van der Waals surface area contributed by atoms with Crippen molar-refractivity contribution in [2.45, 2.75) is 46.2 Å². The van der Waals surface area contributed by atoms with Gasteiger partial charge in [0.15, 0.2) is 0 Å². The molecule has 2 heteroatoms. The second-order valence-corrected chi connectivity index (χ2v) is 4.77. The standard InChI is InChI=1S/C10H22N2/c1-5-8-9(10(2,3)4)12-7-6-11-8/h8-9,11-12H,5-7H2,1-4H3. The lowest BCUT2D eigenvalue weighted by molar-refractivity contribution is 0.181. The van der Waals surface area contributed by atoms with Gasteiger partial charge in [-0.15, -0.1) is 0 Å². The van der Waals surface area contributed by atoms with E-state index in [-0.39, 0.29) is 0 Å². The van der Waals surface area contributed by atoms with Crippen molar-refractivity contribution in [3.8, 4) is 0 Å². The molecule has 0 radical (unpaired) electrons. The normalized spacial score (nSPS) is 32.0. The molecule has 1 rings (SSSR count). The fourth-order valence-electron chi connectivity index (χ4n) is 2.04. The van der Waals surface area contributed by atoms with Gasteiger partial charge in [0.1, 0.15) is 0 Å². The summed E-state index contributed by atoms with van der Waals surface area (Å²) in [4.78, 5) is 0. The van der Waals surface area contributed by atoms with Crippen LogP contribution in [0.4, 0.5) is 0 Å². The number of hydrogen-bond acceptors (Lipinski definition) is 2. The van der Waals surface area contributed by atoms with Gasteiger partial charge < -0.3 is 10.6 Å². The number of hydrogen-bond donors (Lipinski definition) is 2. The van der Waals surface area contributed by atoms with Crippen molar-refractivity contribution in [1.82, 2.24) is 10.6 Å². The smallest absolute Gasteiger partial charge is 0.0270 e. The zero-order chi connectivity index (χ0) is 9.19. The molecule has 1 aliphatic rings. The van der Waals surface area contributed by atoms with E-state index in [0.717, 1.165) is 13.1 Å². The molecule has 2 nitrogen and oxygen atoms in total. The van der Waals surface area contributed by atoms with Crippen LogP contribution in [0.15, 0.2) is 0 Å². The van der Waals surface area contributed by atoms with Crippen molar-refractivity contribution >= 4 is 0 Å². The van der Waals surface area contributed by atoms with E-state index in [1.807, 2.05) is 0 Å². The van der Waals surface area contributed by atoms with E-state index in [4.69, 9.17) is 0 Å². The minimum Gasteiger partial charge on any atom is -0.311 e. The Morgan fingerprint density at radius 3 is 2.17 bits per heavy atom. The summed E-state index contributed by atoms with van der Waals surface area (Å²) in [5.41, 5.74) is 0.369. The molecule has 72 valence electrons. The first kappa shape index (κ1) is 10.0. The first-order chi connectivity index (χ1) is 5.55. The lowest BCUT2D eigenvalue weighted by atomic mass is 9.80. The Bertz CT molecular complexity index is 137. The average Bonchev–Trinajstić information content (AvgIpc) is 2.03. The van der Waals surface area contributed by atoms with Gasteiger partial charge in [0.2, 0.25) is 0 Å². The Balaban J connectivity index is 2.59. The van der Waals surface area contributed by atoms with E-state index >= 15 is 0 Å². The molecule has 1 saturated heterocycles. The zero-order valence-corrected chi connectivity index (χ0v) is 8.78. The maximum absolute atomic E-state index is 3.60. The van der Waals surface area contributed by atoms with Gasteiger partial charge in [-0.1, -0.05) is 27.7 Å². The van der Waals surface area contributed by atoms with Crippen molar-refractivity contribution in [3.05, 3.63) is 0 Å². The molecule has 1 heterocycles. The topological polar surface area (TPSA) is 24.1 Å². The van der Waals surface area contributed by atoms with E-state index in [0.29, 0.717) is 17.5 Å². The Morgan fingerprint density at radius 2 is 1.75 bits per heavy atom. The van der Waals surface area contributed by atoms with E-state index in [1.165, 1.54) is 6.42 Å². The first-order valence-electron chi connectivity index (χ1n) is 5.02. The lowest BCUT2D eigenvalue weighted by Crippen LogP contribution is -2.60. The van der Waals surface area contributed by atoms with Crippen LogP contribution in [0.5, 0.6) is 0 Å². The molecule has 2 atom stereocenters. The highest BCUT2D eigenvalue weighted by atomic mass is 15.1. The summed E-state index contributed by atoms with van der Waals surface area (Å²) in [6, 6.07) is 1.27. The van der Waals surface area contributed by atoms with Crippen LogP contribution in [0, 0.1) is 5.41 Å². The molecule has 0 aromatic rings. The summed E-state index contributed by atoms with van der Waals surface area (Å²) in [7, 11) is 0. The molecule has 0 bridgehead atoms. The highest BCUT2D eigenvalue weighted by Crippen LogP contribution is 2.24. The van der Waals surface area contributed by atoms with Gasteiger partial charge in [-0.2, -0.15) is 0 Å². The minimum atomic E-state index is 0.369. The van der Waals surface area contributed by atoms with Crippen molar-refractivity contribution in [2.75, 3.05) is 13.1 Å². The fraction of sp³-hybridized carbons (Fsp3) is 1.00. The predicted octanol–water partition coefficient (Wildman–Crippen LogP) is 1.37. The Hall–Kier alpha value is -0.0800. The van der Waals surface area contributed by atoms with Crippen molar-refractivity contribution in [1.29, 1.82) is 0 Å². The Kier molecular flexibility index (Phi) is 3.13. The monoisotopic (exact) mass is 170 g/mol. The SMILES string of the molecule is CCC1NCCNC1C(C)(C)C. The van der Waals surface area contributed by atoms with Gasteiger partial charge in [0.25, 0.3) is 0 Å². The molecule has 0 aromatic carbocycles. The molecule has 12 heavy (non-hydrogen) atoms. The van der Waals surface area contributed by atoms with Crippen LogP contribution in [0.1, 0.15) is 34.1 Å². The van der Waals surface area contributed by atoms with Gasteiger partial charge in [0.05, 0.1) is 0 Å². The van der Waals surface area contributed by atoms with E-state index in [1.54, 1.807) is 0 Å². The van der Waals surface area contributed by atoms with Gasteiger partial charge in [0, 0.05) is 25.2 Å². The van der Waals surface area contributed by atoms with Crippen LogP contribution in [-0.4, -0.2) is 25.2 Å². The van der Waals surface area contributed by atoms with Gasteiger partial charge in [-0.05, 0) is 11.8 Å². The van der Waals surface area contributed by atoms with Crippen LogP contribution in [-0.2, 0) is 0 Å². The first-order valence-corrected chi connectivity index (χ1v) is 5.02. The number of rotatable bonds is 1. The predicted molar refractivity (Wildman–Crippen MR) is 53.3 cm³/mol. The van der Waals surface area contributed by atoms with Crippen molar-refractivity contribution in [2.24, 2.45) is 5.41 Å². The molecule has 0 aromatic heterocycles. The zero-order valence-electron chi connectivity index (χ0n) is 8.78. The largest absolute Gasteiger partial charge is 0.311 e. The molecule has 0 amide bonds. The lowest BCUT2D eigenvalue weighted by Gasteiger charge is -2.41. The van der Waals surface area contributed by atoms with Crippen LogP contribution in [0.2, 0.25) is 0 Å². The summed E-state index contributed by atoms with van der Waals surface area (Å²) < 4.78 is 0. The average molecular weight is 170 g/mol. The third-order valence-corrected chi connectivity index (χ3v) is 2.67. The van der Waals surface area contributed by atoms with E-state index < -0.39 is 0 Å². The number of nitrogens with one attached hydrogen (secondary N) is 2. The molecule has 1 aliphatic heterocycles. The maximum Gasteiger partial charge on any atom is 0.0270 e. The van der Waals surface area contributed by atoms with E-state index in [9.17, 15) is 0 Å². The summed E-state index contributed by atoms with van der Waals surface area (Å²) in [5.74, 6) is 0. The molecule has 2 N–H and O–H groups in total. The second kappa shape index (κ2) is 3.75. The van der Waals surface area contributed by atoms with E-state index in [2.05, 4.69) is 38.3 Å². The molecule has 1 fully saturated rings. The van der Waals surface area contributed by atoms with Crippen molar-refractivity contribution < 1.29 is 0 Å². The molecule has 0 aliphatic carbocycles. The Morgan fingerprint density at radius 1 is 1.17 bits per heavy atom. The van der Waals surface area contributed by atoms with Crippen LogP contribution in [0.3, 0.4) is 0 Å². The molecular weight excluding hydrogens is 148 g/mol. The quantitative estimate of drug-likeness (QED) is 0.621. The van der Waals surface area contributed by atoms with Crippen LogP contribution in [0.25, 0.3) is 0 Å².